The van der Waals surface area contributed by atoms with Gasteiger partial charge in [0.1, 0.15) is 0 Å². The first-order chi connectivity index (χ1) is 12.5. The summed E-state index contributed by atoms with van der Waals surface area (Å²) in [5.74, 6) is 0.616. The third-order valence-corrected chi connectivity index (χ3v) is 5.49. The molecule has 4 heteroatoms. The normalized spacial score (nSPS) is 17.5. The fraction of sp³-hybridized carbons (Fsp3) is 0.500. The first-order valence-corrected chi connectivity index (χ1v) is 9.73. The predicted molar refractivity (Wildman–Crippen MR) is 108 cm³/mol. The van der Waals surface area contributed by atoms with Gasteiger partial charge < -0.3 is 5.32 Å². The smallest absolute Gasteiger partial charge is 0.234 e. The molecule has 1 heterocycles. The molecule has 0 saturated carbocycles. The predicted octanol–water partition coefficient (Wildman–Crippen LogP) is 3.12. The molecule has 1 fully saturated rings. The maximum atomic E-state index is 12.2. The molecule has 3 rings (SSSR count). The van der Waals surface area contributed by atoms with E-state index in [0.29, 0.717) is 12.5 Å². The van der Waals surface area contributed by atoms with Crippen molar-refractivity contribution in [1.29, 1.82) is 0 Å². The molecule has 1 atom stereocenters. The van der Waals surface area contributed by atoms with Crippen LogP contribution in [0.2, 0.25) is 0 Å². The number of carbonyl (C=O) groups excluding carboxylic acids is 1. The van der Waals surface area contributed by atoms with Crippen LogP contribution in [-0.2, 0) is 11.3 Å². The highest BCUT2D eigenvalue weighted by Crippen LogP contribution is 2.20. The molecule has 2 aromatic carbocycles. The van der Waals surface area contributed by atoms with Gasteiger partial charge in [-0.25, -0.2) is 0 Å². The van der Waals surface area contributed by atoms with Crippen molar-refractivity contribution in [3.63, 3.8) is 0 Å². The van der Waals surface area contributed by atoms with Gasteiger partial charge in [-0.2, -0.15) is 0 Å². The highest BCUT2D eigenvalue weighted by Gasteiger charge is 2.20. The number of hydrogen-bond acceptors (Lipinski definition) is 3. The lowest BCUT2D eigenvalue weighted by Gasteiger charge is -2.34. The summed E-state index contributed by atoms with van der Waals surface area (Å²) in [6.45, 7) is 11.8. The molecule has 140 valence electrons. The van der Waals surface area contributed by atoms with Crippen LogP contribution in [0.4, 0.5) is 0 Å². The molecule has 0 spiro atoms. The molecule has 26 heavy (non-hydrogen) atoms. The van der Waals surface area contributed by atoms with E-state index in [0.717, 1.165) is 32.7 Å². The second kappa shape index (κ2) is 8.65. The summed E-state index contributed by atoms with van der Waals surface area (Å²) in [6.07, 6.45) is 0. The summed E-state index contributed by atoms with van der Waals surface area (Å²) in [4.78, 5) is 16.9. The summed E-state index contributed by atoms with van der Waals surface area (Å²) < 4.78 is 0. The van der Waals surface area contributed by atoms with E-state index in [2.05, 4.69) is 78.4 Å². The summed E-state index contributed by atoms with van der Waals surface area (Å²) in [7, 11) is 0. The van der Waals surface area contributed by atoms with Crippen molar-refractivity contribution in [2.75, 3.05) is 32.7 Å². The van der Waals surface area contributed by atoms with Gasteiger partial charge in [-0.15, -0.1) is 0 Å². The maximum absolute atomic E-state index is 12.2. The molecule has 4 nitrogen and oxygen atoms in total. The van der Waals surface area contributed by atoms with Crippen LogP contribution in [0.3, 0.4) is 0 Å². The van der Waals surface area contributed by atoms with Gasteiger partial charge in [0, 0.05) is 38.8 Å². The van der Waals surface area contributed by atoms with Crippen molar-refractivity contribution < 1.29 is 4.79 Å². The van der Waals surface area contributed by atoms with Crippen LogP contribution in [-0.4, -0.2) is 54.5 Å². The average molecular weight is 354 g/mol. The number of carbonyl (C=O) groups is 1. The molecule has 0 radical (unpaired) electrons. The zero-order valence-electron chi connectivity index (χ0n) is 16.2. The van der Waals surface area contributed by atoms with Crippen molar-refractivity contribution in [1.82, 2.24) is 15.1 Å². The second-order valence-corrected chi connectivity index (χ2v) is 7.79. The Morgan fingerprint density at radius 3 is 2.35 bits per heavy atom. The van der Waals surface area contributed by atoms with Crippen LogP contribution in [0.15, 0.2) is 42.5 Å². The van der Waals surface area contributed by atoms with E-state index >= 15 is 0 Å². The van der Waals surface area contributed by atoms with Crippen molar-refractivity contribution >= 4 is 16.7 Å². The van der Waals surface area contributed by atoms with Gasteiger partial charge >= 0.3 is 0 Å². The topological polar surface area (TPSA) is 35.6 Å². The van der Waals surface area contributed by atoms with E-state index in [9.17, 15) is 4.79 Å². The Morgan fingerprint density at radius 2 is 1.62 bits per heavy atom. The van der Waals surface area contributed by atoms with E-state index < -0.39 is 0 Å². The number of hydrogen-bond donors (Lipinski definition) is 1. The molecule has 1 aliphatic heterocycles. The number of fused-ring (bicyclic) bond motifs is 1. The second-order valence-electron chi connectivity index (χ2n) is 7.79. The van der Waals surface area contributed by atoms with Gasteiger partial charge in [-0.05, 0) is 29.2 Å². The van der Waals surface area contributed by atoms with E-state index in [1.807, 2.05) is 0 Å². The molecule has 1 amide bonds. The number of benzene rings is 2. The Kier molecular flexibility index (Phi) is 6.28. The van der Waals surface area contributed by atoms with Crippen molar-refractivity contribution in [3.8, 4) is 0 Å². The number of rotatable bonds is 6. The number of nitrogens with one attached hydrogen (secondary N) is 1. The lowest BCUT2D eigenvalue weighted by atomic mass is 10.0. The van der Waals surface area contributed by atoms with Gasteiger partial charge in [0.2, 0.25) is 5.91 Å². The zero-order chi connectivity index (χ0) is 18.5. The molecule has 1 saturated heterocycles. The van der Waals surface area contributed by atoms with Crippen LogP contribution in [0.1, 0.15) is 26.3 Å². The molecular weight excluding hydrogens is 322 g/mol. The van der Waals surface area contributed by atoms with Gasteiger partial charge in [0.15, 0.2) is 0 Å². The molecule has 1 aliphatic rings. The summed E-state index contributed by atoms with van der Waals surface area (Å²) in [6, 6.07) is 15.4. The van der Waals surface area contributed by atoms with Crippen molar-refractivity contribution in [2.24, 2.45) is 5.92 Å². The quantitative estimate of drug-likeness (QED) is 0.867. The van der Waals surface area contributed by atoms with Crippen molar-refractivity contribution in [3.05, 3.63) is 48.0 Å². The van der Waals surface area contributed by atoms with Gasteiger partial charge in [-0.1, -0.05) is 56.3 Å². The molecule has 0 aliphatic carbocycles. The average Bonchev–Trinajstić information content (AvgIpc) is 2.63. The van der Waals surface area contributed by atoms with E-state index in [1.165, 1.54) is 16.3 Å². The zero-order valence-corrected chi connectivity index (χ0v) is 16.2. The lowest BCUT2D eigenvalue weighted by Crippen LogP contribution is -2.50. The fourth-order valence-corrected chi connectivity index (χ4v) is 3.45. The first kappa shape index (κ1) is 18.9. The highest BCUT2D eigenvalue weighted by molar-refractivity contribution is 5.85. The third kappa shape index (κ3) is 4.83. The highest BCUT2D eigenvalue weighted by atomic mass is 16.2. The molecule has 1 N–H and O–H groups in total. The van der Waals surface area contributed by atoms with Crippen LogP contribution >= 0.6 is 0 Å². The Bertz CT molecular complexity index is 730. The van der Waals surface area contributed by atoms with Gasteiger partial charge in [0.25, 0.3) is 0 Å². The van der Waals surface area contributed by atoms with E-state index in [-0.39, 0.29) is 11.9 Å². The molecule has 2 aromatic rings. The minimum atomic E-state index is 0.147. The Hall–Kier alpha value is -1.91. The first-order valence-electron chi connectivity index (χ1n) is 9.73. The summed E-state index contributed by atoms with van der Waals surface area (Å²) >= 11 is 0. The Labute approximate surface area is 157 Å². The molecular formula is C22H31N3O. The number of nitrogens with zero attached hydrogens (tertiary/aromatic N) is 2. The summed E-state index contributed by atoms with van der Waals surface area (Å²) in [5, 5.41) is 5.76. The third-order valence-electron chi connectivity index (χ3n) is 5.49. The standard InChI is InChI=1S/C22H31N3O/c1-17(2)18(3)23-22(26)16-25-13-11-24(12-14-25)15-20-9-6-8-19-7-4-5-10-21(19)20/h4-10,17-18H,11-16H2,1-3H3,(H,23,26)/t18-/m0/s1. The fourth-order valence-electron chi connectivity index (χ4n) is 3.45. The minimum absolute atomic E-state index is 0.147. The van der Waals surface area contributed by atoms with E-state index in [1.54, 1.807) is 0 Å². The lowest BCUT2D eigenvalue weighted by molar-refractivity contribution is -0.123. The van der Waals surface area contributed by atoms with Crippen LogP contribution in [0, 0.1) is 5.92 Å². The Balaban J connectivity index is 1.50. The number of amides is 1. The Morgan fingerprint density at radius 1 is 0.962 bits per heavy atom. The molecule has 0 aromatic heterocycles. The SMILES string of the molecule is CC(C)[C@H](C)NC(=O)CN1CCN(Cc2cccc3ccccc23)CC1. The maximum Gasteiger partial charge on any atom is 0.234 e. The summed E-state index contributed by atoms with van der Waals surface area (Å²) in [5.41, 5.74) is 1.39. The van der Waals surface area contributed by atoms with Crippen molar-refractivity contribution in [2.45, 2.75) is 33.4 Å². The van der Waals surface area contributed by atoms with Gasteiger partial charge in [-0.3, -0.25) is 14.6 Å². The largest absolute Gasteiger partial charge is 0.352 e. The molecule has 0 unspecified atom stereocenters. The van der Waals surface area contributed by atoms with E-state index in [4.69, 9.17) is 0 Å². The molecule has 0 bridgehead atoms. The van der Waals surface area contributed by atoms with Crippen LogP contribution in [0.25, 0.3) is 10.8 Å². The monoisotopic (exact) mass is 353 g/mol. The van der Waals surface area contributed by atoms with Crippen LogP contribution in [0.5, 0.6) is 0 Å². The van der Waals surface area contributed by atoms with Crippen LogP contribution < -0.4 is 5.32 Å². The number of piperazine rings is 1. The van der Waals surface area contributed by atoms with Gasteiger partial charge in [0.05, 0.1) is 6.54 Å². The minimum Gasteiger partial charge on any atom is -0.352 e.